The molecular formula is C24H30FN3O5S. The van der Waals surface area contributed by atoms with E-state index >= 15 is 0 Å². The second-order valence-corrected chi connectivity index (χ2v) is 10.2. The SMILES string of the molecule is COc1ccc(S(=O)(=O)N2CCC(C(=O)N[C@H](C)C(=O)NCCc3cccc(F)c3)CC2)cc1. The van der Waals surface area contributed by atoms with Crippen molar-refractivity contribution < 1.29 is 27.1 Å². The molecule has 34 heavy (non-hydrogen) atoms. The first-order chi connectivity index (χ1) is 16.2. The quantitative estimate of drug-likeness (QED) is 0.559. The minimum Gasteiger partial charge on any atom is -0.497 e. The average molecular weight is 492 g/mol. The van der Waals surface area contributed by atoms with E-state index in [9.17, 15) is 22.4 Å². The molecule has 0 saturated carbocycles. The van der Waals surface area contributed by atoms with Crippen LogP contribution >= 0.6 is 0 Å². The second-order valence-electron chi connectivity index (χ2n) is 8.26. The summed E-state index contributed by atoms with van der Waals surface area (Å²) in [5, 5.41) is 5.45. The minimum absolute atomic E-state index is 0.180. The van der Waals surface area contributed by atoms with Crippen LogP contribution in [0.5, 0.6) is 5.75 Å². The van der Waals surface area contributed by atoms with Crippen molar-refractivity contribution in [3.8, 4) is 5.75 Å². The molecule has 0 unspecified atom stereocenters. The molecule has 10 heteroatoms. The molecule has 1 aliphatic rings. The number of ether oxygens (including phenoxy) is 1. The molecule has 2 aromatic carbocycles. The highest BCUT2D eigenvalue weighted by Gasteiger charge is 2.33. The normalized spacial score (nSPS) is 16.0. The van der Waals surface area contributed by atoms with Gasteiger partial charge in [0.15, 0.2) is 0 Å². The van der Waals surface area contributed by atoms with Gasteiger partial charge in [-0.1, -0.05) is 12.1 Å². The lowest BCUT2D eigenvalue weighted by molar-refractivity contribution is -0.131. The first-order valence-electron chi connectivity index (χ1n) is 11.2. The molecule has 1 saturated heterocycles. The molecule has 0 aromatic heterocycles. The van der Waals surface area contributed by atoms with Gasteiger partial charge in [0.1, 0.15) is 17.6 Å². The number of carbonyl (C=O) groups excluding carboxylic acids is 2. The molecule has 184 valence electrons. The highest BCUT2D eigenvalue weighted by Crippen LogP contribution is 2.25. The zero-order valence-corrected chi connectivity index (χ0v) is 20.1. The predicted molar refractivity (Wildman–Crippen MR) is 125 cm³/mol. The van der Waals surface area contributed by atoms with Gasteiger partial charge in [0, 0.05) is 25.6 Å². The highest BCUT2D eigenvalue weighted by molar-refractivity contribution is 7.89. The van der Waals surface area contributed by atoms with Gasteiger partial charge in [-0.15, -0.1) is 0 Å². The molecule has 3 rings (SSSR count). The van der Waals surface area contributed by atoms with Crippen molar-refractivity contribution in [3.05, 3.63) is 59.9 Å². The Morgan fingerprint density at radius 3 is 2.44 bits per heavy atom. The number of hydrogen-bond donors (Lipinski definition) is 2. The van der Waals surface area contributed by atoms with Crippen molar-refractivity contribution in [1.82, 2.24) is 14.9 Å². The summed E-state index contributed by atoms with van der Waals surface area (Å²) in [6.07, 6.45) is 1.22. The number of hydrogen-bond acceptors (Lipinski definition) is 5. The number of carbonyl (C=O) groups is 2. The Bertz CT molecular complexity index is 1100. The van der Waals surface area contributed by atoms with Crippen molar-refractivity contribution in [3.63, 3.8) is 0 Å². The van der Waals surface area contributed by atoms with E-state index < -0.39 is 16.1 Å². The van der Waals surface area contributed by atoms with Crippen LogP contribution in [0.4, 0.5) is 4.39 Å². The number of halogens is 1. The number of rotatable bonds is 9. The lowest BCUT2D eigenvalue weighted by atomic mass is 9.97. The van der Waals surface area contributed by atoms with Crippen LogP contribution in [0.25, 0.3) is 0 Å². The second kappa shape index (κ2) is 11.4. The first-order valence-corrected chi connectivity index (χ1v) is 12.6. The minimum atomic E-state index is -3.65. The molecule has 1 atom stereocenters. The maximum absolute atomic E-state index is 13.2. The summed E-state index contributed by atoms with van der Waals surface area (Å²) in [6.45, 7) is 2.37. The van der Waals surface area contributed by atoms with Gasteiger partial charge in [-0.05, 0) is 68.1 Å². The van der Waals surface area contributed by atoms with Gasteiger partial charge in [0.2, 0.25) is 21.8 Å². The Morgan fingerprint density at radius 2 is 1.82 bits per heavy atom. The summed E-state index contributed by atoms with van der Waals surface area (Å²) in [5.74, 6) is -0.725. The van der Waals surface area contributed by atoms with Crippen LogP contribution in [0.2, 0.25) is 0 Å². The number of sulfonamides is 1. The van der Waals surface area contributed by atoms with E-state index in [-0.39, 0.29) is 41.5 Å². The standard InChI is InChI=1S/C24H30FN3O5S/c1-17(23(29)26-13-10-18-4-3-5-20(25)16-18)27-24(30)19-11-14-28(15-12-19)34(31,32)22-8-6-21(33-2)7-9-22/h3-9,16-17,19H,10-15H2,1-2H3,(H,26,29)(H,27,30)/t17-/m1/s1. The van der Waals surface area contributed by atoms with Crippen LogP contribution in [0.3, 0.4) is 0 Å². The molecule has 0 bridgehead atoms. The van der Waals surface area contributed by atoms with Gasteiger partial charge >= 0.3 is 0 Å². The summed E-state index contributed by atoms with van der Waals surface area (Å²) in [7, 11) is -2.14. The van der Waals surface area contributed by atoms with Crippen molar-refractivity contribution in [2.45, 2.75) is 37.1 Å². The van der Waals surface area contributed by atoms with Crippen LogP contribution < -0.4 is 15.4 Å². The van der Waals surface area contributed by atoms with Gasteiger partial charge in [-0.2, -0.15) is 4.31 Å². The van der Waals surface area contributed by atoms with Crippen molar-refractivity contribution >= 4 is 21.8 Å². The van der Waals surface area contributed by atoms with Crippen molar-refractivity contribution in [2.75, 3.05) is 26.7 Å². The van der Waals surface area contributed by atoms with Crippen LogP contribution in [0.15, 0.2) is 53.4 Å². The number of amides is 2. The van der Waals surface area contributed by atoms with E-state index in [1.165, 1.54) is 35.7 Å². The lowest BCUT2D eigenvalue weighted by Crippen LogP contribution is -2.49. The predicted octanol–water partition coefficient (Wildman–Crippen LogP) is 2.10. The monoisotopic (exact) mass is 491 g/mol. The fourth-order valence-corrected chi connectivity index (χ4v) is 5.30. The summed E-state index contributed by atoms with van der Waals surface area (Å²) < 4.78 is 45.4. The summed E-state index contributed by atoms with van der Waals surface area (Å²) >= 11 is 0. The Kier molecular flexibility index (Phi) is 8.62. The Hall–Kier alpha value is -2.98. The molecule has 1 fully saturated rings. The Morgan fingerprint density at radius 1 is 1.15 bits per heavy atom. The van der Waals surface area contributed by atoms with Gasteiger partial charge in [-0.25, -0.2) is 12.8 Å². The van der Waals surface area contributed by atoms with Crippen LogP contribution in [0, 0.1) is 11.7 Å². The largest absolute Gasteiger partial charge is 0.497 e. The van der Waals surface area contributed by atoms with E-state index in [0.717, 1.165) is 5.56 Å². The van der Waals surface area contributed by atoms with Gasteiger partial charge in [0.05, 0.1) is 12.0 Å². The van der Waals surface area contributed by atoms with E-state index in [0.29, 0.717) is 31.6 Å². The summed E-state index contributed by atoms with van der Waals surface area (Å²) in [4.78, 5) is 25.1. The summed E-state index contributed by atoms with van der Waals surface area (Å²) in [5.41, 5.74) is 0.772. The van der Waals surface area contributed by atoms with Crippen LogP contribution in [-0.2, 0) is 26.0 Å². The molecule has 2 aromatic rings. The molecule has 0 radical (unpaired) electrons. The third kappa shape index (κ3) is 6.54. The third-order valence-electron chi connectivity index (χ3n) is 5.88. The topological polar surface area (TPSA) is 105 Å². The van der Waals surface area contributed by atoms with E-state index in [2.05, 4.69) is 10.6 Å². The van der Waals surface area contributed by atoms with Crippen LogP contribution in [0.1, 0.15) is 25.3 Å². The molecular weight excluding hydrogens is 461 g/mol. The first kappa shape index (κ1) is 25.6. The Labute approximate surface area is 199 Å². The number of piperidine rings is 1. The van der Waals surface area contributed by atoms with E-state index in [1.54, 1.807) is 31.2 Å². The smallest absolute Gasteiger partial charge is 0.243 e. The molecule has 1 heterocycles. The number of methoxy groups -OCH3 is 1. The molecule has 2 N–H and O–H groups in total. The zero-order valence-electron chi connectivity index (χ0n) is 19.3. The zero-order chi connectivity index (χ0) is 24.7. The van der Waals surface area contributed by atoms with Gasteiger partial charge < -0.3 is 15.4 Å². The Balaban J connectivity index is 1.44. The van der Waals surface area contributed by atoms with Gasteiger partial charge in [-0.3, -0.25) is 9.59 Å². The third-order valence-corrected chi connectivity index (χ3v) is 7.79. The number of nitrogens with zero attached hydrogens (tertiary/aromatic N) is 1. The van der Waals surface area contributed by atoms with Crippen molar-refractivity contribution in [1.29, 1.82) is 0 Å². The molecule has 2 amide bonds. The maximum atomic E-state index is 13.2. The molecule has 0 spiro atoms. The van der Waals surface area contributed by atoms with E-state index in [4.69, 9.17) is 4.74 Å². The molecule has 0 aliphatic carbocycles. The van der Waals surface area contributed by atoms with Gasteiger partial charge in [0.25, 0.3) is 0 Å². The lowest BCUT2D eigenvalue weighted by Gasteiger charge is -2.31. The molecule has 8 nitrogen and oxygen atoms in total. The number of benzene rings is 2. The maximum Gasteiger partial charge on any atom is 0.243 e. The van der Waals surface area contributed by atoms with Crippen LogP contribution in [-0.4, -0.2) is 57.3 Å². The van der Waals surface area contributed by atoms with Crippen molar-refractivity contribution in [2.24, 2.45) is 5.92 Å². The molecule has 1 aliphatic heterocycles. The average Bonchev–Trinajstić information content (AvgIpc) is 2.84. The summed E-state index contributed by atoms with van der Waals surface area (Å²) in [6, 6.07) is 11.6. The fraction of sp³-hybridized carbons (Fsp3) is 0.417. The highest BCUT2D eigenvalue weighted by atomic mass is 32.2. The number of nitrogens with one attached hydrogen (secondary N) is 2. The van der Waals surface area contributed by atoms with E-state index in [1.807, 2.05) is 0 Å². The fourth-order valence-electron chi connectivity index (χ4n) is 3.83.